The van der Waals surface area contributed by atoms with Gasteiger partial charge in [-0.05, 0) is 25.1 Å². The summed E-state index contributed by atoms with van der Waals surface area (Å²) in [7, 11) is 0. The zero-order chi connectivity index (χ0) is 17.3. The Labute approximate surface area is 148 Å². The van der Waals surface area contributed by atoms with Gasteiger partial charge >= 0.3 is 5.97 Å². The highest BCUT2D eigenvalue weighted by molar-refractivity contribution is 6.42. The lowest BCUT2D eigenvalue weighted by molar-refractivity contribution is -0.133. The first-order valence-corrected chi connectivity index (χ1v) is 7.89. The standard InChI is InChI=1S/C17H13Cl2N3O2/c1-9-13(17(23)24)15(10-5-4-6-11(18)14(10)19)22-16(21-9)12-7-2-3-8-20-12/h2-8,15H,1H3,(H,21,22)(H,23,24). The van der Waals surface area contributed by atoms with E-state index < -0.39 is 12.0 Å². The van der Waals surface area contributed by atoms with Crippen molar-refractivity contribution in [2.45, 2.75) is 13.0 Å². The van der Waals surface area contributed by atoms with E-state index in [1.807, 2.05) is 6.07 Å². The Bertz CT molecular complexity index is 863. The van der Waals surface area contributed by atoms with Gasteiger partial charge in [0.15, 0.2) is 5.84 Å². The zero-order valence-electron chi connectivity index (χ0n) is 12.6. The third kappa shape index (κ3) is 3.00. The molecule has 2 N–H and O–H groups in total. The molecule has 0 saturated carbocycles. The van der Waals surface area contributed by atoms with Gasteiger partial charge in [0.25, 0.3) is 0 Å². The van der Waals surface area contributed by atoms with Crippen molar-refractivity contribution in [3.63, 3.8) is 0 Å². The largest absolute Gasteiger partial charge is 0.478 e. The number of carboxylic acid groups (broad SMARTS) is 1. The molecule has 122 valence electrons. The minimum atomic E-state index is -1.06. The predicted octanol–water partition coefficient (Wildman–Crippen LogP) is 3.84. The van der Waals surface area contributed by atoms with E-state index in [0.717, 1.165) is 0 Å². The number of allylic oxidation sites excluding steroid dienone is 1. The number of rotatable bonds is 3. The van der Waals surface area contributed by atoms with Crippen LogP contribution in [0.15, 0.2) is 58.9 Å². The smallest absolute Gasteiger partial charge is 0.335 e. The van der Waals surface area contributed by atoms with E-state index in [4.69, 9.17) is 23.2 Å². The highest BCUT2D eigenvalue weighted by atomic mass is 35.5. The quantitative estimate of drug-likeness (QED) is 0.870. The molecule has 1 aliphatic heterocycles. The van der Waals surface area contributed by atoms with Crippen LogP contribution in [-0.4, -0.2) is 21.9 Å². The van der Waals surface area contributed by atoms with Crippen LogP contribution in [0.2, 0.25) is 10.0 Å². The Balaban J connectivity index is 2.16. The van der Waals surface area contributed by atoms with Crippen molar-refractivity contribution in [2.24, 2.45) is 4.99 Å². The third-order valence-corrected chi connectivity index (χ3v) is 4.49. The number of nitrogens with zero attached hydrogens (tertiary/aromatic N) is 2. The SMILES string of the molecule is CC1=C(C(=O)O)C(c2cccc(Cl)c2Cl)N=C(c2ccccn2)N1. The van der Waals surface area contributed by atoms with Gasteiger partial charge in [-0.25, -0.2) is 4.79 Å². The average molecular weight is 362 g/mol. The molecule has 1 aliphatic rings. The van der Waals surface area contributed by atoms with E-state index in [2.05, 4.69) is 15.3 Å². The van der Waals surface area contributed by atoms with Crippen molar-refractivity contribution in [3.8, 4) is 0 Å². The first kappa shape index (κ1) is 16.5. The van der Waals surface area contributed by atoms with Crippen LogP contribution in [0.4, 0.5) is 0 Å². The van der Waals surface area contributed by atoms with Gasteiger partial charge in [-0.2, -0.15) is 0 Å². The van der Waals surface area contributed by atoms with Crippen molar-refractivity contribution >= 4 is 35.0 Å². The second-order valence-corrected chi connectivity index (χ2v) is 5.99. The van der Waals surface area contributed by atoms with Crippen molar-refractivity contribution in [1.82, 2.24) is 10.3 Å². The van der Waals surface area contributed by atoms with Crippen LogP contribution in [0.25, 0.3) is 0 Å². The lowest BCUT2D eigenvalue weighted by Crippen LogP contribution is -2.32. The highest BCUT2D eigenvalue weighted by Crippen LogP contribution is 2.38. The van der Waals surface area contributed by atoms with Gasteiger partial charge in [-0.15, -0.1) is 0 Å². The first-order valence-electron chi connectivity index (χ1n) is 7.13. The van der Waals surface area contributed by atoms with E-state index in [1.165, 1.54) is 0 Å². The molecule has 0 radical (unpaired) electrons. The van der Waals surface area contributed by atoms with Gasteiger partial charge in [0.05, 0.1) is 15.6 Å². The van der Waals surface area contributed by atoms with Crippen LogP contribution < -0.4 is 5.32 Å². The topological polar surface area (TPSA) is 74.6 Å². The Morgan fingerprint density at radius 2 is 2.00 bits per heavy atom. The predicted molar refractivity (Wildman–Crippen MR) is 93.4 cm³/mol. The number of benzene rings is 1. The van der Waals surface area contributed by atoms with Crippen LogP contribution in [-0.2, 0) is 4.79 Å². The molecule has 2 heterocycles. The minimum absolute atomic E-state index is 0.124. The van der Waals surface area contributed by atoms with Gasteiger partial charge in [-0.1, -0.05) is 41.4 Å². The molecule has 1 unspecified atom stereocenters. The minimum Gasteiger partial charge on any atom is -0.478 e. The van der Waals surface area contributed by atoms with E-state index in [0.29, 0.717) is 32.8 Å². The van der Waals surface area contributed by atoms with Crippen molar-refractivity contribution < 1.29 is 9.90 Å². The average Bonchev–Trinajstić information content (AvgIpc) is 2.57. The van der Waals surface area contributed by atoms with Crippen LogP contribution >= 0.6 is 23.2 Å². The maximum Gasteiger partial charge on any atom is 0.335 e. The van der Waals surface area contributed by atoms with Crippen molar-refractivity contribution in [1.29, 1.82) is 0 Å². The first-order chi connectivity index (χ1) is 11.5. The number of aliphatic imine (C=N–C) groups is 1. The maximum absolute atomic E-state index is 11.7. The molecule has 5 nitrogen and oxygen atoms in total. The Morgan fingerprint density at radius 3 is 2.67 bits per heavy atom. The van der Waals surface area contributed by atoms with Gasteiger partial charge < -0.3 is 10.4 Å². The summed E-state index contributed by atoms with van der Waals surface area (Å²) in [6.07, 6.45) is 1.65. The monoisotopic (exact) mass is 361 g/mol. The molecule has 1 aromatic heterocycles. The molecule has 2 aromatic rings. The molecule has 0 amide bonds. The van der Waals surface area contributed by atoms with E-state index in [9.17, 15) is 9.90 Å². The van der Waals surface area contributed by atoms with Crippen LogP contribution in [0, 0.1) is 0 Å². The van der Waals surface area contributed by atoms with E-state index in [-0.39, 0.29) is 5.57 Å². The number of hydrogen-bond donors (Lipinski definition) is 2. The summed E-state index contributed by atoms with van der Waals surface area (Å²) in [4.78, 5) is 20.5. The fourth-order valence-corrected chi connectivity index (χ4v) is 2.95. The summed E-state index contributed by atoms with van der Waals surface area (Å²) < 4.78 is 0. The van der Waals surface area contributed by atoms with Gasteiger partial charge in [0.2, 0.25) is 0 Å². The lowest BCUT2D eigenvalue weighted by atomic mass is 9.96. The number of pyridine rings is 1. The molecule has 1 atom stereocenters. The number of carbonyl (C=O) groups is 1. The molecule has 0 spiro atoms. The van der Waals surface area contributed by atoms with Crippen LogP contribution in [0.3, 0.4) is 0 Å². The molecule has 0 aliphatic carbocycles. The fourth-order valence-electron chi connectivity index (χ4n) is 2.54. The maximum atomic E-state index is 11.7. The molecule has 0 fully saturated rings. The number of amidine groups is 1. The molecule has 24 heavy (non-hydrogen) atoms. The Kier molecular flexibility index (Phi) is 4.55. The number of aromatic nitrogens is 1. The van der Waals surface area contributed by atoms with Gasteiger partial charge in [0.1, 0.15) is 11.7 Å². The zero-order valence-corrected chi connectivity index (χ0v) is 14.1. The van der Waals surface area contributed by atoms with Crippen molar-refractivity contribution in [3.05, 3.63) is 75.2 Å². The van der Waals surface area contributed by atoms with E-state index >= 15 is 0 Å². The fraction of sp³-hybridized carbons (Fsp3) is 0.118. The molecule has 7 heteroatoms. The lowest BCUT2D eigenvalue weighted by Gasteiger charge is -2.25. The molecular formula is C17H13Cl2N3O2. The summed E-state index contributed by atoms with van der Waals surface area (Å²) in [5, 5.41) is 13.3. The number of hydrogen-bond acceptors (Lipinski definition) is 4. The second kappa shape index (κ2) is 6.63. The summed E-state index contributed by atoms with van der Waals surface area (Å²) >= 11 is 12.4. The van der Waals surface area contributed by atoms with Crippen molar-refractivity contribution in [2.75, 3.05) is 0 Å². The molecule has 0 saturated heterocycles. The summed E-state index contributed by atoms with van der Waals surface area (Å²) in [5.74, 6) is -0.580. The third-order valence-electron chi connectivity index (χ3n) is 3.66. The number of halogens is 2. The normalized spacial score (nSPS) is 17.3. The summed E-state index contributed by atoms with van der Waals surface area (Å²) in [6, 6.07) is 9.74. The van der Waals surface area contributed by atoms with Crippen LogP contribution in [0.5, 0.6) is 0 Å². The Hall–Kier alpha value is -2.37. The van der Waals surface area contributed by atoms with Crippen LogP contribution in [0.1, 0.15) is 24.2 Å². The molecule has 1 aromatic carbocycles. The second-order valence-electron chi connectivity index (χ2n) is 5.21. The van der Waals surface area contributed by atoms with E-state index in [1.54, 1.807) is 43.5 Å². The highest BCUT2D eigenvalue weighted by Gasteiger charge is 2.31. The number of nitrogens with one attached hydrogen (secondary N) is 1. The molecule has 0 bridgehead atoms. The summed E-state index contributed by atoms with van der Waals surface area (Å²) in [6.45, 7) is 1.69. The summed E-state index contributed by atoms with van der Waals surface area (Å²) in [5.41, 5.74) is 1.76. The molecular weight excluding hydrogens is 349 g/mol. The number of aliphatic carboxylic acids is 1. The molecule has 3 rings (SSSR count). The number of carboxylic acids is 1. The van der Waals surface area contributed by atoms with Gasteiger partial charge in [0, 0.05) is 17.5 Å². The Morgan fingerprint density at radius 1 is 1.21 bits per heavy atom. The van der Waals surface area contributed by atoms with Gasteiger partial charge in [-0.3, -0.25) is 9.98 Å².